The molecular weight excluding hydrogens is 273 g/mol. The number of aromatic nitrogens is 3. The third-order valence-electron chi connectivity index (χ3n) is 3.08. The topological polar surface area (TPSA) is 85.8 Å². The molecule has 1 aromatic heterocycles. The van der Waals surface area contributed by atoms with Crippen LogP contribution < -0.4 is 11.1 Å². The molecule has 1 heterocycles. The number of aryl methyl sites for hydroxylation is 2. The standard InChI is InChI=1S/C14H18FN5O/c1-9-5-11(6-10(2)13(9)15)7-17-14(21)12-8-20(4-3-16)19-18-12/h5-6,8H,3-4,7,16H2,1-2H3,(H,17,21). The highest BCUT2D eigenvalue weighted by Crippen LogP contribution is 2.14. The molecule has 6 nitrogen and oxygen atoms in total. The molecule has 0 aliphatic heterocycles. The van der Waals surface area contributed by atoms with Crippen molar-refractivity contribution in [3.8, 4) is 0 Å². The molecule has 2 aromatic rings. The molecule has 0 radical (unpaired) electrons. The number of carbonyl (C=O) groups is 1. The lowest BCUT2D eigenvalue weighted by Crippen LogP contribution is -2.23. The monoisotopic (exact) mass is 291 g/mol. The molecule has 112 valence electrons. The van der Waals surface area contributed by atoms with Crippen LogP contribution in [-0.4, -0.2) is 27.4 Å². The Labute approximate surface area is 122 Å². The summed E-state index contributed by atoms with van der Waals surface area (Å²) in [5.41, 5.74) is 7.60. The number of nitrogens with zero attached hydrogens (tertiary/aromatic N) is 3. The Morgan fingerprint density at radius 3 is 2.67 bits per heavy atom. The van der Waals surface area contributed by atoms with Gasteiger partial charge in [-0.2, -0.15) is 0 Å². The fraction of sp³-hybridized carbons (Fsp3) is 0.357. The van der Waals surface area contributed by atoms with Gasteiger partial charge in [0.25, 0.3) is 5.91 Å². The van der Waals surface area contributed by atoms with Crippen LogP contribution in [0.2, 0.25) is 0 Å². The Balaban J connectivity index is 2.00. The predicted molar refractivity (Wildman–Crippen MR) is 76.1 cm³/mol. The van der Waals surface area contributed by atoms with Gasteiger partial charge in [0.15, 0.2) is 5.69 Å². The summed E-state index contributed by atoms with van der Waals surface area (Å²) >= 11 is 0. The third-order valence-corrected chi connectivity index (χ3v) is 3.08. The molecule has 1 amide bonds. The van der Waals surface area contributed by atoms with Crippen LogP contribution in [0.15, 0.2) is 18.3 Å². The van der Waals surface area contributed by atoms with Crippen molar-refractivity contribution in [2.24, 2.45) is 5.73 Å². The van der Waals surface area contributed by atoms with Crippen LogP contribution in [0.4, 0.5) is 4.39 Å². The molecule has 0 atom stereocenters. The Hall–Kier alpha value is -2.28. The van der Waals surface area contributed by atoms with Gasteiger partial charge in [-0.3, -0.25) is 9.48 Å². The number of nitrogens with one attached hydrogen (secondary N) is 1. The lowest BCUT2D eigenvalue weighted by molar-refractivity contribution is 0.0946. The summed E-state index contributed by atoms with van der Waals surface area (Å²) in [7, 11) is 0. The molecule has 7 heteroatoms. The number of hydrogen-bond donors (Lipinski definition) is 2. The van der Waals surface area contributed by atoms with Crippen LogP contribution in [0, 0.1) is 19.7 Å². The van der Waals surface area contributed by atoms with Gasteiger partial charge >= 0.3 is 0 Å². The van der Waals surface area contributed by atoms with Crippen LogP contribution in [-0.2, 0) is 13.1 Å². The van der Waals surface area contributed by atoms with Gasteiger partial charge in [-0.25, -0.2) is 4.39 Å². The molecule has 0 saturated carbocycles. The normalized spacial score (nSPS) is 10.7. The van der Waals surface area contributed by atoms with E-state index < -0.39 is 0 Å². The minimum absolute atomic E-state index is 0.213. The van der Waals surface area contributed by atoms with Gasteiger partial charge in [-0.1, -0.05) is 17.3 Å². The Morgan fingerprint density at radius 1 is 1.38 bits per heavy atom. The SMILES string of the molecule is Cc1cc(CNC(=O)c2cn(CCN)nn2)cc(C)c1F. The van der Waals surface area contributed by atoms with Gasteiger partial charge in [0.1, 0.15) is 5.82 Å². The van der Waals surface area contributed by atoms with E-state index in [1.165, 1.54) is 4.68 Å². The van der Waals surface area contributed by atoms with Gasteiger partial charge in [0, 0.05) is 13.1 Å². The first-order valence-electron chi connectivity index (χ1n) is 6.65. The smallest absolute Gasteiger partial charge is 0.273 e. The summed E-state index contributed by atoms with van der Waals surface area (Å²) in [6.45, 7) is 4.65. The minimum atomic E-state index is -0.321. The molecule has 0 bridgehead atoms. The van der Waals surface area contributed by atoms with Gasteiger partial charge in [-0.05, 0) is 30.5 Å². The molecule has 1 aromatic carbocycles. The van der Waals surface area contributed by atoms with Crippen LogP contribution in [0.25, 0.3) is 0 Å². The van der Waals surface area contributed by atoms with Crippen molar-refractivity contribution >= 4 is 5.91 Å². The van der Waals surface area contributed by atoms with E-state index in [1.807, 2.05) is 0 Å². The maximum atomic E-state index is 13.5. The minimum Gasteiger partial charge on any atom is -0.347 e. The van der Waals surface area contributed by atoms with E-state index in [1.54, 1.807) is 32.2 Å². The first-order valence-corrected chi connectivity index (χ1v) is 6.65. The second-order valence-corrected chi connectivity index (χ2v) is 4.88. The first-order chi connectivity index (χ1) is 10.0. The fourth-order valence-corrected chi connectivity index (χ4v) is 2.05. The van der Waals surface area contributed by atoms with Crippen LogP contribution >= 0.6 is 0 Å². The molecule has 2 rings (SSSR count). The summed E-state index contributed by atoms with van der Waals surface area (Å²) < 4.78 is 15.0. The quantitative estimate of drug-likeness (QED) is 0.858. The van der Waals surface area contributed by atoms with Crippen LogP contribution in [0.1, 0.15) is 27.2 Å². The number of hydrogen-bond acceptors (Lipinski definition) is 4. The molecule has 0 aliphatic rings. The zero-order valence-electron chi connectivity index (χ0n) is 12.1. The van der Waals surface area contributed by atoms with Crippen molar-refractivity contribution in [2.75, 3.05) is 6.54 Å². The second-order valence-electron chi connectivity index (χ2n) is 4.88. The van der Waals surface area contributed by atoms with Crippen molar-refractivity contribution in [1.29, 1.82) is 0 Å². The lowest BCUT2D eigenvalue weighted by Gasteiger charge is -2.07. The van der Waals surface area contributed by atoms with Crippen LogP contribution in [0.3, 0.4) is 0 Å². The third kappa shape index (κ3) is 3.63. The predicted octanol–water partition coefficient (Wildman–Crippen LogP) is 0.923. The summed E-state index contributed by atoms with van der Waals surface area (Å²) in [6, 6.07) is 3.43. The summed E-state index contributed by atoms with van der Waals surface area (Å²) in [6.07, 6.45) is 1.54. The molecule has 21 heavy (non-hydrogen) atoms. The zero-order chi connectivity index (χ0) is 15.4. The van der Waals surface area contributed by atoms with E-state index in [4.69, 9.17) is 5.73 Å². The van der Waals surface area contributed by atoms with E-state index in [0.717, 1.165) is 5.56 Å². The van der Waals surface area contributed by atoms with E-state index in [0.29, 0.717) is 30.8 Å². The highest BCUT2D eigenvalue weighted by molar-refractivity contribution is 5.91. The summed E-state index contributed by atoms with van der Waals surface area (Å²) in [4.78, 5) is 11.9. The van der Waals surface area contributed by atoms with Crippen molar-refractivity contribution < 1.29 is 9.18 Å². The maximum Gasteiger partial charge on any atom is 0.273 e. The highest BCUT2D eigenvalue weighted by Gasteiger charge is 2.11. The second kappa shape index (κ2) is 6.45. The Morgan fingerprint density at radius 2 is 2.05 bits per heavy atom. The van der Waals surface area contributed by atoms with Crippen molar-refractivity contribution in [3.63, 3.8) is 0 Å². The number of carbonyl (C=O) groups excluding carboxylic acids is 1. The Bertz CT molecular complexity index is 630. The van der Waals surface area contributed by atoms with Crippen molar-refractivity contribution in [2.45, 2.75) is 26.9 Å². The molecule has 0 aliphatic carbocycles. The fourth-order valence-electron chi connectivity index (χ4n) is 2.05. The van der Waals surface area contributed by atoms with Gasteiger partial charge in [0.05, 0.1) is 12.7 Å². The largest absolute Gasteiger partial charge is 0.347 e. The average molecular weight is 291 g/mol. The molecule has 0 saturated heterocycles. The molecule has 0 fully saturated rings. The first kappa shape index (κ1) is 15.1. The summed E-state index contributed by atoms with van der Waals surface area (Å²) in [5, 5.41) is 10.3. The average Bonchev–Trinajstić information content (AvgIpc) is 2.91. The van der Waals surface area contributed by atoms with E-state index in [-0.39, 0.29) is 17.4 Å². The number of halogens is 1. The molecule has 0 spiro atoms. The molecular formula is C14H18FN5O. The lowest BCUT2D eigenvalue weighted by atomic mass is 10.1. The van der Waals surface area contributed by atoms with E-state index in [2.05, 4.69) is 15.6 Å². The van der Waals surface area contributed by atoms with Crippen LogP contribution in [0.5, 0.6) is 0 Å². The summed E-state index contributed by atoms with van der Waals surface area (Å²) in [5.74, 6) is -0.535. The van der Waals surface area contributed by atoms with Gasteiger partial charge in [-0.15, -0.1) is 5.10 Å². The maximum absolute atomic E-state index is 13.5. The molecule has 3 N–H and O–H groups in total. The van der Waals surface area contributed by atoms with E-state index in [9.17, 15) is 9.18 Å². The number of benzene rings is 1. The van der Waals surface area contributed by atoms with Crippen molar-refractivity contribution in [3.05, 3.63) is 46.5 Å². The van der Waals surface area contributed by atoms with Crippen molar-refractivity contribution in [1.82, 2.24) is 20.3 Å². The van der Waals surface area contributed by atoms with Gasteiger partial charge < -0.3 is 11.1 Å². The van der Waals surface area contributed by atoms with E-state index >= 15 is 0 Å². The number of rotatable bonds is 5. The molecule has 0 unspecified atom stereocenters. The zero-order valence-corrected chi connectivity index (χ0v) is 12.1. The Kier molecular flexibility index (Phi) is 4.64. The van der Waals surface area contributed by atoms with Gasteiger partial charge in [0.2, 0.25) is 0 Å². The number of nitrogens with two attached hydrogens (primary N) is 1. The highest BCUT2D eigenvalue weighted by atomic mass is 19.1. The number of amides is 1.